The van der Waals surface area contributed by atoms with Crippen molar-refractivity contribution in [1.29, 1.82) is 0 Å². The lowest BCUT2D eigenvalue weighted by atomic mass is 9.93. The van der Waals surface area contributed by atoms with Gasteiger partial charge in [0.1, 0.15) is 17.3 Å². The Kier molecular flexibility index (Phi) is 5.03. The number of nitrogens with one attached hydrogen (secondary N) is 1. The third kappa shape index (κ3) is 4.47. The van der Waals surface area contributed by atoms with Crippen molar-refractivity contribution in [2.45, 2.75) is 38.9 Å². The molecule has 2 aromatic rings. The topological polar surface area (TPSA) is 71.8 Å². The molecule has 8 heteroatoms. The second-order valence-corrected chi connectivity index (χ2v) is 6.41. The maximum absolute atomic E-state index is 15.0. The van der Waals surface area contributed by atoms with Crippen molar-refractivity contribution >= 4 is 5.82 Å². The van der Waals surface area contributed by atoms with Gasteiger partial charge in [-0.05, 0) is 26.7 Å². The fourth-order valence-electron chi connectivity index (χ4n) is 3.00. The van der Waals surface area contributed by atoms with Gasteiger partial charge in [-0.25, -0.2) is 14.4 Å². The third-order valence-corrected chi connectivity index (χ3v) is 4.39. The van der Waals surface area contributed by atoms with E-state index in [0.717, 1.165) is 31.9 Å². The van der Waals surface area contributed by atoms with Gasteiger partial charge in [0.15, 0.2) is 0 Å². The lowest BCUT2D eigenvalue weighted by Gasteiger charge is -2.36. The summed E-state index contributed by atoms with van der Waals surface area (Å²) in [5.74, 6) is 1.40. The maximum atomic E-state index is 15.0. The van der Waals surface area contributed by atoms with Gasteiger partial charge in [-0.15, -0.1) is 0 Å². The zero-order valence-corrected chi connectivity index (χ0v) is 14.2. The number of hydrogen-bond donors (Lipinski definition) is 1. The Balaban J connectivity index is 1.45. The summed E-state index contributed by atoms with van der Waals surface area (Å²) in [6.45, 7) is 7.14. The second-order valence-electron chi connectivity index (χ2n) is 6.41. The van der Waals surface area contributed by atoms with Crippen molar-refractivity contribution in [2.75, 3.05) is 31.5 Å². The molecular weight excluding hydrogens is 309 g/mol. The maximum Gasteiger partial charge on any atom is 0.130 e. The van der Waals surface area contributed by atoms with E-state index in [0.29, 0.717) is 24.5 Å². The molecule has 0 atom stereocenters. The first kappa shape index (κ1) is 16.8. The predicted molar refractivity (Wildman–Crippen MR) is 89.5 cm³/mol. The van der Waals surface area contributed by atoms with Crippen LogP contribution in [0.1, 0.15) is 24.4 Å². The first-order valence-corrected chi connectivity index (χ1v) is 8.34. The van der Waals surface area contributed by atoms with Crippen molar-refractivity contribution in [2.24, 2.45) is 0 Å². The SMILES string of the molecule is Cc1cc(NCC2(F)CCN(CCn3nccn3)CC2)nc(C)n1. The zero-order valence-electron chi connectivity index (χ0n) is 14.2. The monoisotopic (exact) mass is 333 g/mol. The van der Waals surface area contributed by atoms with Crippen molar-refractivity contribution in [3.8, 4) is 0 Å². The van der Waals surface area contributed by atoms with Crippen molar-refractivity contribution in [3.63, 3.8) is 0 Å². The highest BCUT2D eigenvalue weighted by Crippen LogP contribution is 2.27. The van der Waals surface area contributed by atoms with E-state index in [9.17, 15) is 4.39 Å². The zero-order chi connectivity index (χ0) is 17.0. The Bertz CT molecular complexity index is 630. The molecule has 24 heavy (non-hydrogen) atoms. The van der Waals surface area contributed by atoms with E-state index >= 15 is 0 Å². The van der Waals surface area contributed by atoms with Gasteiger partial charge in [0.05, 0.1) is 25.5 Å². The highest BCUT2D eigenvalue weighted by atomic mass is 19.1. The van der Waals surface area contributed by atoms with Gasteiger partial charge in [0.2, 0.25) is 0 Å². The molecule has 0 bridgehead atoms. The van der Waals surface area contributed by atoms with E-state index < -0.39 is 5.67 Å². The normalized spacial score (nSPS) is 17.8. The fourth-order valence-corrected chi connectivity index (χ4v) is 3.00. The first-order chi connectivity index (χ1) is 11.5. The van der Waals surface area contributed by atoms with Gasteiger partial charge >= 0.3 is 0 Å². The lowest BCUT2D eigenvalue weighted by molar-refractivity contribution is 0.0662. The molecule has 0 radical (unpaired) electrons. The summed E-state index contributed by atoms with van der Waals surface area (Å²) in [5, 5.41) is 11.3. The molecule has 3 heterocycles. The minimum Gasteiger partial charge on any atom is -0.367 e. The number of halogens is 1. The fraction of sp³-hybridized carbons (Fsp3) is 0.625. The molecular formula is C16H24FN7. The number of likely N-dealkylation sites (tertiary alicyclic amines) is 1. The molecule has 2 aromatic heterocycles. The average Bonchev–Trinajstić information content (AvgIpc) is 3.05. The summed E-state index contributed by atoms with van der Waals surface area (Å²) in [6, 6.07) is 1.85. The molecule has 0 aromatic carbocycles. The molecule has 0 unspecified atom stereocenters. The summed E-state index contributed by atoms with van der Waals surface area (Å²) in [5.41, 5.74) is -0.298. The first-order valence-electron chi connectivity index (χ1n) is 8.34. The van der Waals surface area contributed by atoms with E-state index in [-0.39, 0.29) is 6.54 Å². The second kappa shape index (κ2) is 7.21. The molecule has 1 fully saturated rings. The average molecular weight is 333 g/mol. The van der Waals surface area contributed by atoms with E-state index in [4.69, 9.17) is 0 Å². The Hall–Kier alpha value is -2.09. The van der Waals surface area contributed by atoms with Crippen LogP contribution in [-0.2, 0) is 6.54 Å². The Labute approximate surface area is 141 Å². The molecule has 0 amide bonds. The molecule has 1 saturated heterocycles. The van der Waals surface area contributed by atoms with Gasteiger partial charge in [-0.1, -0.05) is 0 Å². The summed E-state index contributed by atoms with van der Waals surface area (Å²) in [6.07, 6.45) is 4.39. The quantitative estimate of drug-likeness (QED) is 0.866. The number of nitrogens with zero attached hydrogens (tertiary/aromatic N) is 6. The molecule has 130 valence electrons. The van der Waals surface area contributed by atoms with E-state index in [2.05, 4.69) is 30.4 Å². The number of hydrogen-bond acceptors (Lipinski definition) is 6. The summed E-state index contributed by atoms with van der Waals surface area (Å²) < 4.78 is 15.0. The smallest absolute Gasteiger partial charge is 0.130 e. The van der Waals surface area contributed by atoms with E-state index in [1.165, 1.54) is 0 Å². The largest absolute Gasteiger partial charge is 0.367 e. The number of piperidine rings is 1. The minimum absolute atomic E-state index is 0.289. The minimum atomic E-state index is -1.19. The van der Waals surface area contributed by atoms with Crippen LogP contribution in [0.5, 0.6) is 0 Å². The van der Waals surface area contributed by atoms with Crippen molar-refractivity contribution in [3.05, 3.63) is 30.0 Å². The number of rotatable bonds is 6. The van der Waals surface area contributed by atoms with Crippen LogP contribution in [0, 0.1) is 13.8 Å². The number of aromatic nitrogens is 5. The van der Waals surface area contributed by atoms with E-state index in [1.807, 2.05) is 19.9 Å². The van der Waals surface area contributed by atoms with Crippen LogP contribution in [0.4, 0.5) is 10.2 Å². The number of alkyl halides is 1. The molecule has 7 nitrogen and oxygen atoms in total. The number of aryl methyl sites for hydroxylation is 2. The van der Waals surface area contributed by atoms with Gasteiger partial charge in [-0.2, -0.15) is 15.0 Å². The van der Waals surface area contributed by atoms with E-state index in [1.54, 1.807) is 17.2 Å². The van der Waals surface area contributed by atoms with Gasteiger partial charge in [0.25, 0.3) is 0 Å². The Morgan fingerprint density at radius 3 is 2.50 bits per heavy atom. The third-order valence-electron chi connectivity index (χ3n) is 4.39. The molecule has 1 aliphatic heterocycles. The Morgan fingerprint density at radius 1 is 1.12 bits per heavy atom. The summed E-state index contributed by atoms with van der Waals surface area (Å²) in [7, 11) is 0. The Morgan fingerprint density at radius 2 is 1.83 bits per heavy atom. The van der Waals surface area contributed by atoms with Crippen LogP contribution >= 0.6 is 0 Å². The van der Waals surface area contributed by atoms with Gasteiger partial charge < -0.3 is 10.2 Å². The molecule has 0 saturated carbocycles. The van der Waals surface area contributed by atoms with Crippen LogP contribution < -0.4 is 5.32 Å². The molecule has 0 aliphatic carbocycles. The molecule has 1 N–H and O–H groups in total. The molecule has 3 rings (SSSR count). The van der Waals surface area contributed by atoms with Gasteiger partial charge in [-0.3, -0.25) is 0 Å². The van der Waals surface area contributed by atoms with Gasteiger partial charge in [0, 0.05) is 31.4 Å². The van der Waals surface area contributed by atoms with Crippen molar-refractivity contribution in [1.82, 2.24) is 29.9 Å². The summed E-state index contributed by atoms with van der Waals surface area (Å²) >= 11 is 0. The van der Waals surface area contributed by atoms with Crippen LogP contribution in [0.15, 0.2) is 18.5 Å². The van der Waals surface area contributed by atoms with Crippen LogP contribution in [0.25, 0.3) is 0 Å². The molecule has 1 aliphatic rings. The highest BCUT2D eigenvalue weighted by Gasteiger charge is 2.34. The van der Waals surface area contributed by atoms with Crippen LogP contribution in [0.2, 0.25) is 0 Å². The lowest BCUT2D eigenvalue weighted by Crippen LogP contribution is -2.46. The van der Waals surface area contributed by atoms with Crippen LogP contribution in [0.3, 0.4) is 0 Å². The highest BCUT2D eigenvalue weighted by molar-refractivity contribution is 5.36. The standard InChI is InChI=1S/C16H24FN7/c1-13-11-15(22-14(2)21-13)18-12-16(17)3-7-23(8-4-16)9-10-24-19-5-6-20-24/h5-6,11H,3-4,7-10,12H2,1-2H3,(H,18,21,22). The molecule has 0 spiro atoms. The summed E-state index contributed by atoms with van der Waals surface area (Å²) in [4.78, 5) is 12.5. The van der Waals surface area contributed by atoms with Crippen LogP contribution in [-0.4, -0.2) is 61.7 Å². The van der Waals surface area contributed by atoms with Crippen molar-refractivity contribution < 1.29 is 4.39 Å². The number of anilines is 1. The predicted octanol–water partition coefficient (Wildman–Crippen LogP) is 1.60.